The van der Waals surface area contributed by atoms with Gasteiger partial charge in [-0.05, 0) is 49.4 Å². The van der Waals surface area contributed by atoms with Gasteiger partial charge in [-0.2, -0.15) is 0 Å². The van der Waals surface area contributed by atoms with Crippen molar-refractivity contribution in [3.05, 3.63) is 64.6 Å². The van der Waals surface area contributed by atoms with E-state index in [1.54, 1.807) is 12.1 Å². The molecule has 2 N–H and O–H groups in total. The number of carbonyl (C=O) groups excluding carboxylic acids is 3. The molecule has 224 valence electrons. The number of rotatable bonds is 8. The third kappa shape index (κ3) is 6.57. The maximum Gasteiger partial charge on any atom is 0.308 e. The van der Waals surface area contributed by atoms with Crippen molar-refractivity contribution in [1.29, 1.82) is 0 Å². The number of ether oxygens (including phenoxy) is 2. The Hall–Kier alpha value is -3.57. The lowest BCUT2D eigenvalue weighted by Gasteiger charge is -2.30. The highest BCUT2D eigenvalue weighted by atomic mass is 35.5. The summed E-state index contributed by atoms with van der Waals surface area (Å²) < 4.78 is 54.5. The number of para-hydroxylation sites is 1. The van der Waals surface area contributed by atoms with Gasteiger partial charge in [-0.1, -0.05) is 29.8 Å². The van der Waals surface area contributed by atoms with E-state index in [0.717, 1.165) is 16.5 Å². The van der Waals surface area contributed by atoms with Crippen LogP contribution in [0.4, 0.5) is 18.9 Å². The van der Waals surface area contributed by atoms with E-state index in [9.17, 15) is 23.2 Å². The number of hydrogen-bond donors (Lipinski definition) is 2. The Morgan fingerprint density at radius 2 is 1.88 bits per heavy atom. The number of carbonyl (C=O) groups is 3. The van der Waals surface area contributed by atoms with Crippen molar-refractivity contribution in [2.45, 2.75) is 56.6 Å². The van der Waals surface area contributed by atoms with E-state index in [1.807, 2.05) is 12.1 Å². The predicted octanol–water partition coefficient (Wildman–Crippen LogP) is 5.74. The van der Waals surface area contributed by atoms with Gasteiger partial charge in [-0.15, -0.1) is 0 Å². The first-order valence-electron chi connectivity index (χ1n) is 13.8. The lowest BCUT2D eigenvalue weighted by atomic mass is 9.87. The van der Waals surface area contributed by atoms with Crippen LogP contribution in [-0.2, 0) is 25.5 Å². The number of alkyl halides is 2. The molecule has 12 heteroatoms. The average Bonchev–Trinajstić information content (AvgIpc) is 3.54. The number of nitrogens with one attached hydrogen (secondary N) is 2. The Bertz CT molecular complexity index is 1490. The van der Waals surface area contributed by atoms with E-state index in [2.05, 4.69) is 10.3 Å². The normalized spacial score (nSPS) is 21.8. The number of likely N-dealkylation sites (tertiary alicyclic amines) is 1. The van der Waals surface area contributed by atoms with Crippen molar-refractivity contribution in [2.75, 3.05) is 25.6 Å². The standard InChI is InChI=1S/C30H31ClF3N3O5/c1-41-29(40)17-6-8-20(9-7-17)42-15-19-13-30(33,34)16-37(19)27(38)11-18-10-23(31)26(12-24(18)32)36-28(39)22-14-35-25-5-3-2-4-21(22)25/h2-5,10,12,14,17,19-20,35H,6-9,11,13,15-16H2,1H3,(H,36,39). The minimum atomic E-state index is -3.10. The number of amides is 2. The van der Waals surface area contributed by atoms with Crippen LogP contribution in [0.5, 0.6) is 0 Å². The summed E-state index contributed by atoms with van der Waals surface area (Å²) in [6, 6.07) is 8.56. The quantitative estimate of drug-likeness (QED) is 0.319. The Balaban J connectivity index is 1.21. The van der Waals surface area contributed by atoms with Gasteiger partial charge in [0.2, 0.25) is 5.91 Å². The number of benzene rings is 2. The van der Waals surface area contributed by atoms with Gasteiger partial charge < -0.3 is 24.7 Å². The number of nitrogens with zero attached hydrogens (tertiary/aromatic N) is 1. The van der Waals surface area contributed by atoms with Gasteiger partial charge >= 0.3 is 5.97 Å². The summed E-state index contributed by atoms with van der Waals surface area (Å²) in [6.07, 6.45) is 2.62. The summed E-state index contributed by atoms with van der Waals surface area (Å²) in [7, 11) is 1.34. The third-order valence-corrected chi connectivity index (χ3v) is 8.30. The molecule has 1 aliphatic heterocycles. The second-order valence-electron chi connectivity index (χ2n) is 10.9. The number of fused-ring (bicyclic) bond motifs is 1. The van der Waals surface area contributed by atoms with Gasteiger partial charge in [0, 0.05) is 23.5 Å². The SMILES string of the molecule is COC(=O)C1CCC(OCC2CC(F)(F)CN2C(=O)Cc2cc(Cl)c(NC(=O)c3c[nH]c4ccccc34)cc2F)CC1. The number of methoxy groups -OCH3 is 1. The molecule has 2 aliphatic rings. The summed E-state index contributed by atoms with van der Waals surface area (Å²) in [5, 5.41) is 3.28. The topological polar surface area (TPSA) is 101 Å². The maximum absolute atomic E-state index is 15.1. The zero-order valence-electron chi connectivity index (χ0n) is 22.9. The minimum Gasteiger partial charge on any atom is -0.469 e. The molecule has 1 aromatic heterocycles. The Morgan fingerprint density at radius 3 is 2.62 bits per heavy atom. The number of anilines is 1. The molecule has 0 radical (unpaired) electrons. The molecule has 42 heavy (non-hydrogen) atoms. The van der Waals surface area contributed by atoms with Crippen LogP contribution in [0.25, 0.3) is 10.9 Å². The van der Waals surface area contributed by atoms with E-state index in [4.69, 9.17) is 21.1 Å². The molecule has 1 saturated carbocycles. The predicted molar refractivity (Wildman–Crippen MR) is 150 cm³/mol. The molecule has 3 aromatic rings. The fourth-order valence-electron chi connectivity index (χ4n) is 5.75. The van der Waals surface area contributed by atoms with E-state index >= 15 is 4.39 Å². The van der Waals surface area contributed by atoms with Crippen LogP contribution in [0.15, 0.2) is 42.6 Å². The largest absolute Gasteiger partial charge is 0.469 e. The van der Waals surface area contributed by atoms with E-state index in [0.29, 0.717) is 36.6 Å². The molecule has 1 aliphatic carbocycles. The van der Waals surface area contributed by atoms with Crippen LogP contribution in [0.2, 0.25) is 5.02 Å². The molecule has 2 heterocycles. The highest BCUT2D eigenvalue weighted by Crippen LogP contribution is 2.35. The van der Waals surface area contributed by atoms with E-state index < -0.39 is 49.0 Å². The van der Waals surface area contributed by atoms with Crippen LogP contribution in [0.1, 0.15) is 48.0 Å². The maximum atomic E-state index is 15.1. The molecule has 5 rings (SSSR count). The Morgan fingerprint density at radius 1 is 1.14 bits per heavy atom. The summed E-state index contributed by atoms with van der Waals surface area (Å²) in [4.78, 5) is 41.7. The van der Waals surface area contributed by atoms with Crippen molar-refractivity contribution < 1.29 is 37.0 Å². The molecule has 0 spiro atoms. The lowest BCUT2D eigenvalue weighted by molar-refractivity contribution is -0.148. The zero-order chi connectivity index (χ0) is 30.0. The van der Waals surface area contributed by atoms with E-state index in [-0.39, 0.29) is 40.9 Å². The lowest BCUT2D eigenvalue weighted by Crippen LogP contribution is -2.41. The molecule has 2 amide bonds. The molecule has 0 bridgehead atoms. The van der Waals surface area contributed by atoms with Crippen molar-refractivity contribution in [3.8, 4) is 0 Å². The third-order valence-electron chi connectivity index (χ3n) is 7.99. The molecule has 1 unspecified atom stereocenters. The van der Waals surface area contributed by atoms with Gasteiger partial charge in [0.1, 0.15) is 5.82 Å². The average molecular weight is 606 g/mol. The number of aromatic nitrogens is 1. The van der Waals surface area contributed by atoms with Crippen molar-refractivity contribution in [3.63, 3.8) is 0 Å². The van der Waals surface area contributed by atoms with Gasteiger partial charge in [0.25, 0.3) is 11.8 Å². The van der Waals surface area contributed by atoms with Crippen LogP contribution in [-0.4, -0.2) is 66.0 Å². The number of hydrogen-bond acceptors (Lipinski definition) is 5. The first-order valence-corrected chi connectivity index (χ1v) is 14.1. The second kappa shape index (κ2) is 12.3. The van der Waals surface area contributed by atoms with Crippen molar-refractivity contribution >= 4 is 46.0 Å². The minimum absolute atomic E-state index is 0.00147. The molecule has 1 saturated heterocycles. The van der Waals surface area contributed by atoms with E-state index in [1.165, 1.54) is 19.4 Å². The second-order valence-corrected chi connectivity index (χ2v) is 11.3. The fraction of sp³-hybridized carbons (Fsp3) is 0.433. The molecule has 1 atom stereocenters. The first-order chi connectivity index (χ1) is 20.0. The Kier molecular flexibility index (Phi) is 8.79. The fourth-order valence-corrected chi connectivity index (χ4v) is 5.98. The van der Waals surface area contributed by atoms with Crippen LogP contribution in [0.3, 0.4) is 0 Å². The van der Waals surface area contributed by atoms with Crippen molar-refractivity contribution in [2.24, 2.45) is 5.92 Å². The van der Waals surface area contributed by atoms with Gasteiger partial charge in [0.15, 0.2) is 0 Å². The van der Waals surface area contributed by atoms with Crippen LogP contribution < -0.4 is 5.32 Å². The number of esters is 1. The monoisotopic (exact) mass is 605 g/mol. The smallest absolute Gasteiger partial charge is 0.308 e. The van der Waals surface area contributed by atoms with Gasteiger partial charge in [0.05, 0.1) is 61.0 Å². The van der Waals surface area contributed by atoms with Gasteiger partial charge in [-0.3, -0.25) is 14.4 Å². The molecular weight excluding hydrogens is 575 g/mol. The highest BCUT2D eigenvalue weighted by molar-refractivity contribution is 6.34. The molecule has 2 fully saturated rings. The summed E-state index contributed by atoms with van der Waals surface area (Å²) in [5.74, 6) is -5.54. The Labute approximate surface area is 245 Å². The first kappa shape index (κ1) is 29.9. The summed E-state index contributed by atoms with van der Waals surface area (Å²) in [6.45, 7) is -0.875. The summed E-state index contributed by atoms with van der Waals surface area (Å²) in [5.41, 5.74) is 1.05. The molecule has 2 aromatic carbocycles. The zero-order valence-corrected chi connectivity index (χ0v) is 23.7. The molecule has 8 nitrogen and oxygen atoms in total. The number of halogens is 4. The highest BCUT2D eigenvalue weighted by Gasteiger charge is 2.47. The van der Waals surface area contributed by atoms with Crippen LogP contribution in [0, 0.1) is 11.7 Å². The number of H-pyrrole nitrogens is 1. The van der Waals surface area contributed by atoms with Gasteiger partial charge in [-0.25, -0.2) is 13.2 Å². The summed E-state index contributed by atoms with van der Waals surface area (Å²) >= 11 is 6.33. The molecular formula is C30H31ClF3N3O5. The number of aromatic amines is 1. The van der Waals surface area contributed by atoms with Crippen molar-refractivity contribution in [1.82, 2.24) is 9.88 Å². The van der Waals surface area contributed by atoms with Crippen LogP contribution >= 0.6 is 11.6 Å².